The van der Waals surface area contributed by atoms with Crippen LogP contribution in [0.5, 0.6) is 0 Å². The van der Waals surface area contributed by atoms with Gasteiger partial charge in [0.2, 0.25) is 0 Å². The van der Waals surface area contributed by atoms with Crippen LogP contribution in [0.25, 0.3) is 0 Å². The summed E-state index contributed by atoms with van der Waals surface area (Å²) in [5, 5.41) is 3.56. The molecule has 1 aromatic rings. The van der Waals surface area contributed by atoms with Gasteiger partial charge in [0.05, 0.1) is 6.61 Å². The summed E-state index contributed by atoms with van der Waals surface area (Å²) < 4.78 is 5.40. The van der Waals surface area contributed by atoms with Crippen LogP contribution in [-0.4, -0.2) is 18.1 Å². The zero-order valence-electron chi connectivity index (χ0n) is 13.2. The van der Waals surface area contributed by atoms with Crippen LogP contribution in [0.4, 0.5) is 0 Å². The minimum Gasteiger partial charge on any atom is -0.465 e. The summed E-state index contributed by atoms with van der Waals surface area (Å²) in [5.41, 5.74) is 0.709. The first kappa shape index (κ1) is 16.0. The largest absolute Gasteiger partial charge is 0.465 e. The van der Waals surface area contributed by atoms with E-state index in [-0.39, 0.29) is 5.97 Å². The highest BCUT2D eigenvalue weighted by Crippen LogP contribution is 2.37. The Bertz CT molecular complexity index is 446. The van der Waals surface area contributed by atoms with Gasteiger partial charge in [0.1, 0.15) is 5.54 Å². The van der Waals surface area contributed by atoms with Crippen LogP contribution < -0.4 is 5.32 Å². The van der Waals surface area contributed by atoms with Crippen molar-refractivity contribution in [3.8, 4) is 0 Å². The van der Waals surface area contributed by atoms with Gasteiger partial charge in [-0.3, -0.25) is 10.1 Å². The summed E-state index contributed by atoms with van der Waals surface area (Å²) in [6.07, 6.45) is 5.32. The van der Waals surface area contributed by atoms with Crippen LogP contribution in [0.1, 0.15) is 51.5 Å². The first-order chi connectivity index (χ1) is 10.2. The quantitative estimate of drug-likeness (QED) is 0.812. The lowest BCUT2D eigenvalue weighted by molar-refractivity contribution is -0.156. The molecule has 0 aliphatic heterocycles. The van der Waals surface area contributed by atoms with Crippen molar-refractivity contribution in [1.82, 2.24) is 5.32 Å². The molecular weight excluding hydrogens is 262 g/mol. The maximum absolute atomic E-state index is 12.6. The molecule has 2 rings (SSSR count). The van der Waals surface area contributed by atoms with Gasteiger partial charge in [-0.1, -0.05) is 56.5 Å². The summed E-state index contributed by atoms with van der Waals surface area (Å²) in [6.45, 7) is 5.22. The van der Waals surface area contributed by atoms with Gasteiger partial charge >= 0.3 is 5.97 Å². The Balaban J connectivity index is 2.16. The predicted octanol–water partition coefficient (Wildman–Crippen LogP) is 3.68. The molecule has 1 N–H and O–H groups in total. The minimum atomic E-state index is -0.501. The fourth-order valence-electron chi connectivity index (χ4n) is 3.49. The molecule has 1 fully saturated rings. The number of hydrogen-bond donors (Lipinski definition) is 1. The number of nitrogens with one attached hydrogen (secondary N) is 1. The molecule has 1 aromatic carbocycles. The first-order valence-corrected chi connectivity index (χ1v) is 8.19. The predicted molar refractivity (Wildman–Crippen MR) is 84.9 cm³/mol. The smallest absolute Gasteiger partial charge is 0.326 e. The standard InChI is InChI=1S/C18H27NO2/c1-3-16-12-8-9-13-18(16,17(20)21-4-2)19-14-15-10-6-5-7-11-15/h5-7,10-11,16,19H,3-4,8-9,12-14H2,1-2H3. The lowest BCUT2D eigenvalue weighted by Crippen LogP contribution is -2.59. The van der Waals surface area contributed by atoms with E-state index in [4.69, 9.17) is 4.74 Å². The van der Waals surface area contributed by atoms with Crippen LogP contribution in [0, 0.1) is 5.92 Å². The lowest BCUT2D eigenvalue weighted by atomic mass is 9.71. The van der Waals surface area contributed by atoms with Crippen molar-refractivity contribution in [1.29, 1.82) is 0 Å². The third-order valence-electron chi connectivity index (χ3n) is 4.65. The van der Waals surface area contributed by atoms with Gasteiger partial charge in [-0.25, -0.2) is 0 Å². The average molecular weight is 289 g/mol. The highest BCUT2D eigenvalue weighted by atomic mass is 16.5. The molecule has 0 bridgehead atoms. The lowest BCUT2D eigenvalue weighted by Gasteiger charge is -2.42. The molecule has 3 heteroatoms. The molecular formula is C18H27NO2. The van der Waals surface area contributed by atoms with Gasteiger partial charge in [0, 0.05) is 6.54 Å². The molecule has 0 spiro atoms. The van der Waals surface area contributed by atoms with E-state index in [0.717, 1.165) is 32.2 Å². The molecule has 2 unspecified atom stereocenters. The maximum Gasteiger partial charge on any atom is 0.326 e. The van der Waals surface area contributed by atoms with E-state index in [9.17, 15) is 4.79 Å². The van der Waals surface area contributed by atoms with E-state index in [2.05, 4.69) is 24.4 Å². The summed E-state index contributed by atoms with van der Waals surface area (Å²) in [6, 6.07) is 10.3. The van der Waals surface area contributed by atoms with Crippen LogP contribution in [0.3, 0.4) is 0 Å². The Morgan fingerprint density at radius 1 is 1.29 bits per heavy atom. The van der Waals surface area contributed by atoms with Crippen LogP contribution in [-0.2, 0) is 16.1 Å². The van der Waals surface area contributed by atoms with E-state index in [1.807, 2.05) is 25.1 Å². The Kier molecular flexibility index (Phi) is 5.80. The molecule has 1 aliphatic carbocycles. The Morgan fingerprint density at radius 3 is 2.71 bits per heavy atom. The Hall–Kier alpha value is -1.35. The second-order valence-corrected chi connectivity index (χ2v) is 5.88. The number of carbonyl (C=O) groups is 1. The zero-order valence-corrected chi connectivity index (χ0v) is 13.2. The van der Waals surface area contributed by atoms with Crippen molar-refractivity contribution in [2.24, 2.45) is 5.92 Å². The summed E-state index contributed by atoms with van der Waals surface area (Å²) in [7, 11) is 0. The van der Waals surface area contributed by atoms with Gasteiger partial charge in [0.25, 0.3) is 0 Å². The van der Waals surface area contributed by atoms with Crippen LogP contribution in [0.2, 0.25) is 0 Å². The molecule has 2 atom stereocenters. The SMILES string of the molecule is CCOC(=O)C1(NCc2ccccc2)CCCCC1CC. The summed E-state index contributed by atoms with van der Waals surface area (Å²) in [4.78, 5) is 12.6. The molecule has 0 radical (unpaired) electrons. The molecule has 116 valence electrons. The molecule has 3 nitrogen and oxygen atoms in total. The second-order valence-electron chi connectivity index (χ2n) is 5.88. The third-order valence-corrected chi connectivity index (χ3v) is 4.65. The van der Waals surface area contributed by atoms with E-state index < -0.39 is 5.54 Å². The Labute approximate surface area is 128 Å². The van der Waals surface area contributed by atoms with E-state index in [1.54, 1.807) is 0 Å². The minimum absolute atomic E-state index is 0.0625. The maximum atomic E-state index is 12.6. The summed E-state index contributed by atoms with van der Waals surface area (Å²) >= 11 is 0. The van der Waals surface area contributed by atoms with E-state index in [0.29, 0.717) is 12.5 Å². The number of hydrogen-bond acceptors (Lipinski definition) is 3. The van der Waals surface area contributed by atoms with Crippen molar-refractivity contribution in [2.45, 2.75) is 58.0 Å². The number of carbonyl (C=O) groups excluding carboxylic acids is 1. The van der Waals surface area contributed by atoms with Gasteiger partial charge < -0.3 is 4.74 Å². The fraction of sp³-hybridized carbons (Fsp3) is 0.611. The van der Waals surface area contributed by atoms with Gasteiger partial charge in [-0.2, -0.15) is 0 Å². The van der Waals surface area contributed by atoms with Gasteiger partial charge in [-0.15, -0.1) is 0 Å². The molecule has 1 saturated carbocycles. The molecule has 0 aromatic heterocycles. The summed E-state index contributed by atoms with van der Waals surface area (Å²) in [5.74, 6) is 0.307. The molecule has 1 aliphatic rings. The van der Waals surface area contributed by atoms with Crippen molar-refractivity contribution >= 4 is 5.97 Å². The Morgan fingerprint density at radius 2 is 2.05 bits per heavy atom. The molecule has 21 heavy (non-hydrogen) atoms. The van der Waals surface area contributed by atoms with E-state index >= 15 is 0 Å². The fourth-order valence-corrected chi connectivity index (χ4v) is 3.49. The third kappa shape index (κ3) is 3.65. The highest BCUT2D eigenvalue weighted by molar-refractivity contribution is 5.81. The van der Waals surface area contributed by atoms with Crippen molar-refractivity contribution < 1.29 is 9.53 Å². The first-order valence-electron chi connectivity index (χ1n) is 8.19. The van der Waals surface area contributed by atoms with Crippen LogP contribution in [0.15, 0.2) is 30.3 Å². The second kappa shape index (κ2) is 7.60. The number of benzene rings is 1. The molecule has 0 saturated heterocycles. The highest BCUT2D eigenvalue weighted by Gasteiger charge is 2.46. The van der Waals surface area contributed by atoms with Crippen molar-refractivity contribution in [3.05, 3.63) is 35.9 Å². The number of esters is 1. The van der Waals surface area contributed by atoms with Crippen LogP contribution >= 0.6 is 0 Å². The molecule has 0 heterocycles. The van der Waals surface area contributed by atoms with Crippen molar-refractivity contribution in [3.63, 3.8) is 0 Å². The number of ether oxygens (including phenoxy) is 1. The number of rotatable bonds is 6. The normalized spacial score (nSPS) is 25.5. The molecule has 0 amide bonds. The zero-order chi connectivity index (χ0) is 15.1. The monoisotopic (exact) mass is 289 g/mol. The van der Waals surface area contributed by atoms with Crippen molar-refractivity contribution in [2.75, 3.05) is 6.61 Å². The van der Waals surface area contributed by atoms with Gasteiger partial charge in [0.15, 0.2) is 0 Å². The van der Waals surface area contributed by atoms with Gasteiger partial charge in [-0.05, 0) is 31.2 Å². The van der Waals surface area contributed by atoms with E-state index in [1.165, 1.54) is 12.0 Å². The average Bonchev–Trinajstić information content (AvgIpc) is 2.54. The topological polar surface area (TPSA) is 38.3 Å².